The summed E-state index contributed by atoms with van der Waals surface area (Å²) in [6.07, 6.45) is -1.61. The van der Waals surface area contributed by atoms with Gasteiger partial charge in [-0.1, -0.05) is 13.8 Å². The van der Waals surface area contributed by atoms with E-state index >= 15 is 0 Å². The SMILES string of the molecule is CC(C)C[C@H](NC(=O)[C@H](CO)NC(=O)[C@@H](N)CC(N)=O)C(=O)N[C@@H](C)C(=O)N[C@@H](CCC(=O)O)C(=O)N[C@@H](CCCN=C(N)N)C(=O)N[C@@H](CCCN=C(N)N)C(=O)O. The minimum absolute atomic E-state index is 0.00841. The number of carbonyl (C=O) groups is 9. The maximum Gasteiger partial charge on any atom is 0.326 e. The smallest absolute Gasteiger partial charge is 0.326 e. The van der Waals surface area contributed by atoms with Crippen LogP contribution in [0.5, 0.6) is 0 Å². The van der Waals surface area contributed by atoms with Crippen molar-refractivity contribution in [3.8, 4) is 0 Å². The van der Waals surface area contributed by atoms with E-state index < -0.39 is 121 Å². The summed E-state index contributed by atoms with van der Waals surface area (Å²) in [5, 5.41) is 42.8. The highest BCUT2D eigenvalue weighted by atomic mass is 16.4. The van der Waals surface area contributed by atoms with E-state index in [9.17, 15) is 58.5 Å². The highest BCUT2D eigenvalue weighted by Gasteiger charge is 2.33. The number of rotatable bonds is 29. The van der Waals surface area contributed by atoms with Crippen LogP contribution in [0.15, 0.2) is 9.98 Å². The van der Waals surface area contributed by atoms with Gasteiger partial charge in [-0.3, -0.25) is 48.3 Å². The van der Waals surface area contributed by atoms with E-state index in [0.717, 1.165) is 0 Å². The molecule has 0 heterocycles. The summed E-state index contributed by atoms with van der Waals surface area (Å²) in [5.74, 6) is -10.1. The molecule has 0 spiro atoms. The number of nitrogens with one attached hydrogen (secondary N) is 6. The molecule has 0 radical (unpaired) electrons. The fraction of sp³-hybridized carbons (Fsp3) is 0.667. The molecule has 21 N–H and O–H groups in total. The predicted octanol–water partition coefficient (Wildman–Crippen LogP) is -6.79. The maximum absolute atomic E-state index is 13.6. The van der Waals surface area contributed by atoms with Crippen molar-refractivity contribution in [3.63, 3.8) is 0 Å². The van der Waals surface area contributed by atoms with Crippen LogP contribution in [-0.2, 0) is 43.2 Å². The fourth-order valence-corrected chi connectivity index (χ4v) is 5.05. The molecule has 7 amide bonds. The third-order valence-corrected chi connectivity index (χ3v) is 8.08. The third-order valence-electron chi connectivity index (χ3n) is 8.08. The zero-order chi connectivity index (χ0) is 45.4. The number of amides is 7. The zero-order valence-corrected chi connectivity index (χ0v) is 33.3. The lowest BCUT2D eigenvalue weighted by Gasteiger charge is -2.27. The molecule has 59 heavy (non-hydrogen) atoms. The van der Waals surface area contributed by atoms with Gasteiger partial charge in [0.05, 0.1) is 19.1 Å². The van der Waals surface area contributed by atoms with Crippen molar-refractivity contribution in [2.24, 2.45) is 50.3 Å². The molecule has 0 aromatic rings. The Labute approximate surface area is 339 Å². The molecule has 0 bridgehead atoms. The Morgan fingerprint density at radius 1 is 0.559 bits per heavy atom. The monoisotopic (exact) mass is 844 g/mol. The molecular weight excluding hydrogens is 784 g/mol. The van der Waals surface area contributed by atoms with Gasteiger partial charge in [-0.25, -0.2) is 4.79 Å². The van der Waals surface area contributed by atoms with Crippen molar-refractivity contribution in [2.45, 2.75) is 114 Å². The van der Waals surface area contributed by atoms with Crippen LogP contribution in [0.25, 0.3) is 0 Å². The van der Waals surface area contributed by atoms with Gasteiger partial charge in [-0.2, -0.15) is 0 Å². The second kappa shape index (κ2) is 27.3. The number of aliphatic hydroxyl groups is 1. The Bertz CT molecular complexity index is 1530. The van der Waals surface area contributed by atoms with Gasteiger partial charge in [0.2, 0.25) is 41.4 Å². The van der Waals surface area contributed by atoms with Crippen LogP contribution in [0.2, 0.25) is 0 Å². The number of primary amides is 1. The van der Waals surface area contributed by atoms with Crippen LogP contribution in [0.1, 0.15) is 72.1 Å². The second-order valence-electron chi connectivity index (χ2n) is 13.8. The summed E-state index contributed by atoms with van der Waals surface area (Å²) in [7, 11) is 0. The van der Waals surface area contributed by atoms with Gasteiger partial charge in [0, 0.05) is 19.5 Å². The van der Waals surface area contributed by atoms with Crippen molar-refractivity contribution >= 4 is 65.2 Å². The van der Waals surface area contributed by atoms with Gasteiger partial charge in [0.15, 0.2) is 11.9 Å². The Morgan fingerprint density at radius 2 is 0.983 bits per heavy atom. The summed E-state index contributed by atoms with van der Waals surface area (Å²) < 4.78 is 0. The van der Waals surface area contributed by atoms with E-state index in [1.807, 2.05) is 0 Å². The summed E-state index contributed by atoms with van der Waals surface area (Å²) in [4.78, 5) is 121. The van der Waals surface area contributed by atoms with E-state index in [4.69, 9.17) is 34.4 Å². The van der Waals surface area contributed by atoms with Gasteiger partial charge < -0.3 is 81.6 Å². The number of aliphatic hydroxyl groups excluding tert-OH is 1. The molecule has 0 saturated heterocycles. The molecule has 0 aliphatic heterocycles. The van der Waals surface area contributed by atoms with Gasteiger partial charge >= 0.3 is 11.9 Å². The number of aliphatic imine (C=N–C) groups is 2. The lowest BCUT2D eigenvalue weighted by atomic mass is 10.0. The number of nitrogens with two attached hydrogens (primary N) is 6. The highest BCUT2D eigenvalue weighted by Crippen LogP contribution is 2.09. The van der Waals surface area contributed by atoms with E-state index in [-0.39, 0.29) is 63.0 Å². The predicted molar refractivity (Wildman–Crippen MR) is 210 cm³/mol. The third kappa shape index (κ3) is 22.9. The molecule has 334 valence electrons. The van der Waals surface area contributed by atoms with Crippen LogP contribution < -0.4 is 66.3 Å². The highest BCUT2D eigenvalue weighted by molar-refractivity contribution is 5.97. The molecule has 0 rings (SSSR count). The molecule has 0 saturated carbocycles. The number of nitrogens with zero attached hydrogens (tertiary/aromatic N) is 2. The lowest BCUT2D eigenvalue weighted by molar-refractivity contribution is -0.142. The van der Waals surface area contributed by atoms with E-state index in [1.165, 1.54) is 6.92 Å². The van der Waals surface area contributed by atoms with Crippen LogP contribution in [0.3, 0.4) is 0 Å². The number of carbonyl (C=O) groups excluding carboxylic acids is 7. The van der Waals surface area contributed by atoms with Gasteiger partial charge in [0.25, 0.3) is 0 Å². The van der Waals surface area contributed by atoms with Crippen molar-refractivity contribution in [2.75, 3.05) is 19.7 Å². The minimum Gasteiger partial charge on any atom is -0.481 e. The summed E-state index contributed by atoms with van der Waals surface area (Å²) in [6, 6.07) is -10.2. The van der Waals surface area contributed by atoms with Gasteiger partial charge in [0.1, 0.15) is 36.3 Å². The van der Waals surface area contributed by atoms with Crippen LogP contribution in [0.4, 0.5) is 0 Å². The van der Waals surface area contributed by atoms with Crippen molar-refractivity contribution < 1.29 is 58.5 Å². The van der Waals surface area contributed by atoms with E-state index in [2.05, 4.69) is 41.9 Å². The van der Waals surface area contributed by atoms with Crippen LogP contribution in [0, 0.1) is 5.92 Å². The van der Waals surface area contributed by atoms with Crippen molar-refractivity contribution in [1.29, 1.82) is 0 Å². The summed E-state index contributed by atoms with van der Waals surface area (Å²) >= 11 is 0. The molecule has 7 atom stereocenters. The average Bonchev–Trinajstić information content (AvgIpc) is 3.12. The first-order valence-corrected chi connectivity index (χ1v) is 18.5. The van der Waals surface area contributed by atoms with E-state index in [1.54, 1.807) is 13.8 Å². The quantitative estimate of drug-likeness (QED) is 0.0189. The molecule has 26 heteroatoms. The Balaban J connectivity index is 6.10. The van der Waals surface area contributed by atoms with Crippen molar-refractivity contribution in [3.05, 3.63) is 0 Å². The molecule has 26 nitrogen and oxygen atoms in total. The molecule has 0 fully saturated rings. The number of aliphatic carboxylic acids is 2. The number of carboxylic acids is 2. The normalized spacial score (nSPS) is 14.3. The molecular formula is C33H60N14O12. The molecule has 0 aromatic heterocycles. The summed E-state index contributed by atoms with van der Waals surface area (Å²) in [5.41, 5.74) is 31.9. The van der Waals surface area contributed by atoms with Gasteiger partial charge in [-0.05, 0) is 51.4 Å². The Morgan fingerprint density at radius 3 is 1.44 bits per heavy atom. The first-order valence-electron chi connectivity index (χ1n) is 18.5. The first kappa shape index (κ1) is 52.7. The van der Waals surface area contributed by atoms with Crippen LogP contribution in [-0.4, -0.2) is 143 Å². The topological polar surface area (TPSA) is 467 Å². The first-order chi connectivity index (χ1) is 27.5. The molecule has 0 aromatic carbocycles. The lowest BCUT2D eigenvalue weighted by Crippen LogP contribution is -2.60. The standard InChI is InChI=1S/C33H60N14O12/c1-15(2)12-21(46-30(57)22(14-48)47-26(53)17(34)13-23(35)49)29(56)42-16(3)25(52)43-19(8-9-24(50)51)28(55)44-18(6-4-10-40-32(36)37)27(54)45-20(31(58)59)7-5-11-41-33(38)39/h15-22,48H,4-14,34H2,1-3H3,(H2,35,49)(H,42,56)(H,43,52)(H,44,55)(H,45,54)(H,46,57)(H,47,53)(H,50,51)(H,58,59)(H4,36,37,40)(H4,38,39,41)/t16-,17-,18-,19-,20-,21-,22-/m0/s1. The minimum atomic E-state index is -1.60. The number of carboxylic acid groups (broad SMARTS) is 2. The van der Waals surface area contributed by atoms with Crippen LogP contribution >= 0.6 is 0 Å². The number of hydrogen-bond acceptors (Lipinski definition) is 13. The zero-order valence-electron chi connectivity index (χ0n) is 33.3. The molecule has 0 unspecified atom stereocenters. The molecule has 0 aliphatic carbocycles. The van der Waals surface area contributed by atoms with Gasteiger partial charge in [-0.15, -0.1) is 0 Å². The number of guanidine groups is 2. The maximum atomic E-state index is 13.6. The Hall–Kier alpha value is -6.31. The number of hydrogen-bond donors (Lipinski definition) is 15. The van der Waals surface area contributed by atoms with E-state index in [0.29, 0.717) is 0 Å². The van der Waals surface area contributed by atoms with Crippen molar-refractivity contribution in [1.82, 2.24) is 31.9 Å². The largest absolute Gasteiger partial charge is 0.481 e. The summed E-state index contributed by atoms with van der Waals surface area (Å²) in [6.45, 7) is 3.82. The average molecular weight is 845 g/mol. The second-order valence-corrected chi connectivity index (χ2v) is 13.8. The fourth-order valence-electron chi connectivity index (χ4n) is 5.05. The molecule has 0 aliphatic rings. The Kier molecular flexibility index (Phi) is 24.4.